The fourth-order valence-electron chi connectivity index (χ4n) is 4.54. The minimum atomic E-state index is -0.416. The lowest BCUT2D eigenvalue weighted by Gasteiger charge is -2.29. The Bertz CT molecular complexity index is 783. The maximum absolute atomic E-state index is 12.4. The molecular weight excluding hydrogens is 354 g/mol. The van der Waals surface area contributed by atoms with Crippen LogP contribution in [0.1, 0.15) is 42.7 Å². The highest BCUT2D eigenvalue weighted by atomic mass is 16.5. The van der Waals surface area contributed by atoms with E-state index in [2.05, 4.69) is 29.6 Å². The van der Waals surface area contributed by atoms with Crippen LogP contribution in [0.5, 0.6) is 0 Å². The molecule has 148 valence electrons. The van der Waals surface area contributed by atoms with Crippen LogP contribution in [0, 0.1) is 0 Å². The Morgan fingerprint density at radius 3 is 2.25 bits per heavy atom. The van der Waals surface area contributed by atoms with Gasteiger partial charge in [-0.25, -0.2) is 4.79 Å². The van der Waals surface area contributed by atoms with Gasteiger partial charge in [-0.3, -0.25) is 0 Å². The highest BCUT2D eigenvalue weighted by Crippen LogP contribution is 2.44. The smallest absolute Gasteiger partial charge is 0.407 e. The third-order valence-corrected chi connectivity index (χ3v) is 5.91. The van der Waals surface area contributed by atoms with Gasteiger partial charge in [-0.15, -0.1) is 0 Å². The van der Waals surface area contributed by atoms with Gasteiger partial charge in [0.2, 0.25) is 0 Å². The predicted octanol–water partition coefficient (Wildman–Crippen LogP) is 3.85. The summed E-state index contributed by atoms with van der Waals surface area (Å²) in [6.07, 6.45) is 3.55. The largest absolute Gasteiger partial charge is 0.449 e. The van der Waals surface area contributed by atoms with E-state index in [9.17, 15) is 4.79 Å². The molecule has 2 N–H and O–H groups in total. The number of amides is 1. The first-order valence-corrected chi connectivity index (χ1v) is 10.1. The second-order valence-corrected chi connectivity index (χ2v) is 7.64. The number of aliphatic hydroxyl groups excluding tert-OH is 1. The molecule has 0 spiro atoms. The summed E-state index contributed by atoms with van der Waals surface area (Å²) in [7, 11) is 0. The van der Waals surface area contributed by atoms with Gasteiger partial charge >= 0.3 is 6.09 Å². The molecule has 1 amide bonds. The molecule has 0 saturated heterocycles. The average molecular weight is 381 g/mol. The van der Waals surface area contributed by atoms with E-state index in [1.807, 2.05) is 24.3 Å². The van der Waals surface area contributed by atoms with Gasteiger partial charge in [0.05, 0.1) is 18.8 Å². The average Bonchev–Trinajstić information content (AvgIpc) is 3.33. The van der Waals surface area contributed by atoms with Gasteiger partial charge in [0, 0.05) is 12.5 Å². The lowest BCUT2D eigenvalue weighted by atomic mass is 9.98. The van der Waals surface area contributed by atoms with Gasteiger partial charge in [0.25, 0.3) is 0 Å². The van der Waals surface area contributed by atoms with Crippen LogP contribution in [-0.2, 0) is 9.47 Å². The molecule has 0 unspecified atom stereocenters. The number of aliphatic hydroxyl groups is 1. The first-order chi connectivity index (χ1) is 13.7. The van der Waals surface area contributed by atoms with Gasteiger partial charge in [-0.1, -0.05) is 61.4 Å². The first-order valence-electron chi connectivity index (χ1n) is 10.1. The summed E-state index contributed by atoms with van der Waals surface area (Å²) in [5.41, 5.74) is 4.47. The van der Waals surface area contributed by atoms with Gasteiger partial charge in [0.15, 0.2) is 0 Å². The Morgan fingerprint density at radius 2 is 1.64 bits per heavy atom. The van der Waals surface area contributed by atoms with Crippen molar-refractivity contribution >= 4 is 6.09 Å². The molecule has 1 fully saturated rings. The molecule has 0 bridgehead atoms. The van der Waals surface area contributed by atoms with Crippen LogP contribution < -0.4 is 5.32 Å². The van der Waals surface area contributed by atoms with Crippen molar-refractivity contribution < 1.29 is 19.4 Å². The molecule has 4 rings (SSSR count). The lowest BCUT2D eigenvalue weighted by molar-refractivity contribution is -0.0518. The van der Waals surface area contributed by atoms with Crippen molar-refractivity contribution in [3.8, 4) is 11.1 Å². The molecule has 2 aromatic carbocycles. The number of rotatable bonds is 7. The molecule has 0 heterocycles. The summed E-state index contributed by atoms with van der Waals surface area (Å²) in [5.74, 6) is 0.0595. The number of alkyl carbamates (subject to hydrolysis) is 1. The molecule has 2 aliphatic rings. The number of hydrogen-bond donors (Lipinski definition) is 2. The predicted molar refractivity (Wildman–Crippen MR) is 107 cm³/mol. The second kappa shape index (κ2) is 8.33. The van der Waals surface area contributed by atoms with Crippen molar-refractivity contribution in [1.82, 2.24) is 5.32 Å². The molecule has 5 heteroatoms. The number of hydrogen-bond acceptors (Lipinski definition) is 4. The van der Waals surface area contributed by atoms with Crippen LogP contribution in [0.4, 0.5) is 4.79 Å². The summed E-state index contributed by atoms with van der Waals surface area (Å²) >= 11 is 0. The van der Waals surface area contributed by atoms with E-state index in [4.69, 9.17) is 14.6 Å². The fourth-order valence-corrected chi connectivity index (χ4v) is 4.54. The SMILES string of the molecule is O=C(NCC1(OCCO)CCCC1)OCC1c2ccccc2-c2ccccc21. The molecule has 0 aliphatic heterocycles. The van der Waals surface area contributed by atoms with Gasteiger partial charge in [-0.05, 0) is 35.1 Å². The van der Waals surface area contributed by atoms with Gasteiger partial charge in [0.1, 0.15) is 6.61 Å². The maximum Gasteiger partial charge on any atom is 0.407 e. The van der Waals surface area contributed by atoms with E-state index < -0.39 is 6.09 Å². The molecule has 2 aromatic rings. The van der Waals surface area contributed by atoms with Crippen molar-refractivity contribution in [3.05, 3.63) is 59.7 Å². The van der Waals surface area contributed by atoms with Crippen LogP contribution >= 0.6 is 0 Å². The topological polar surface area (TPSA) is 67.8 Å². The minimum absolute atomic E-state index is 0.00725. The Kier molecular flexibility index (Phi) is 5.64. The lowest BCUT2D eigenvalue weighted by Crippen LogP contribution is -2.44. The van der Waals surface area contributed by atoms with Crippen LogP contribution in [-0.4, -0.2) is 43.2 Å². The van der Waals surface area contributed by atoms with Crippen LogP contribution in [0.3, 0.4) is 0 Å². The summed E-state index contributed by atoms with van der Waals surface area (Å²) in [6, 6.07) is 16.6. The van der Waals surface area contributed by atoms with E-state index >= 15 is 0 Å². The highest BCUT2D eigenvalue weighted by molar-refractivity contribution is 5.79. The Hall–Kier alpha value is -2.37. The molecule has 0 atom stereocenters. The third kappa shape index (κ3) is 3.77. The summed E-state index contributed by atoms with van der Waals surface area (Å²) in [4.78, 5) is 12.4. The molecule has 0 aromatic heterocycles. The molecule has 28 heavy (non-hydrogen) atoms. The van der Waals surface area contributed by atoms with Crippen molar-refractivity contribution in [2.24, 2.45) is 0 Å². The fraction of sp³-hybridized carbons (Fsp3) is 0.435. The second-order valence-electron chi connectivity index (χ2n) is 7.64. The van der Waals surface area contributed by atoms with E-state index in [1.165, 1.54) is 22.3 Å². The normalized spacial score (nSPS) is 17.2. The molecular formula is C23H27NO4. The quantitative estimate of drug-likeness (QED) is 0.765. The Labute approximate surface area is 165 Å². The number of carbonyl (C=O) groups excluding carboxylic acids is 1. The van der Waals surface area contributed by atoms with E-state index in [0.717, 1.165) is 25.7 Å². The van der Waals surface area contributed by atoms with Crippen molar-refractivity contribution in [2.45, 2.75) is 37.2 Å². The number of ether oxygens (including phenoxy) is 2. The zero-order valence-electron chi connectivity index (χ0n) is 16.0. The monoisotopic (exact) mass is 381 g/mol. The van der Waals surface area contributed by atoms with Gasteiger partial charge < -0.3 is 19.9 Å². The molecule has 0 radical (unpaired) electrons. The van der Waals surface area contributed by atoms with Crippen molar-refractivity contribution in [1.29, 1.82) is 0 Å². The van der Waals surface area contributed by atoms with Crippen molar-refractivity contribution in [2.75, 3.05) is 26.4 Å². The van der Waals surface area contributed by atoms with E-state index in [-0.39, 0.29) is 18.1 Å². The minimum Gasteiger partial charge on any atom is -0.449 e. The van der Waals surface area contributed by atoms with Crippen LogP contribution in [0.2, 0.25) is 0 Å². The van der Waals surface area contributed by atoms with Gasteiger partial charge in [-0.2, -0.15) is 0 Å². The molecule has 5 nitrogen and oxygen atoms in total. The van der Waals surface area contributed by atoms with Crippen molar-refractivity contribution in [3.63, 3.8) is 0 Å². The highest BCUT2D eigenvalue weighted by Gasteiger charge is 2.35. The Morgan fingerprint density at radius 1 is 1.04 bits per heavy atom. The van der Waals surface area contributed by atoms with E-state index in [0.29, 0.717) is 19.8 Å². The van der Waals surface area contributed by atoms with E-state index in [1.54, 1.807) is 0 Å². The summed E-state index contributed by atoms with van der Waals surface area (Å²) in [6.45, 7) is 1.02. The Balaban J connectivity index is 1.37. The first kappa shape index (κ1) is 19.0. The zero-order chi connectivity index (χ0) is 19.4. The number of nitrogens with one attached hydrogen (secondary N) is 1. The molecule has 1 saturated carbocycles. The summed E-state index contributed by atoms with van der Waals surface area (Å²) in [5, 5.41) is 11.9. The molecule has 2 aliphatic carbocycles. The standard InChI is InChI=1S/C23H27NO4/c25-13-14-28-23(11-5-6-12-23)16-24-22(26)27-15-21-19-9-3-1-7-17(19)18-8-2-4-10-20(18)21/h1-4,7-10,21,25H,5-6,11-16H2,(H,24,26). The number of benzene rings is 2. The van der Waals surface area contributed by atoms with Crippen LogP contribution in [0.15, 0.2) is 48.5 Å². The number of fused-ring (bicyclic) bond motifs is 3. The maximum atomic E-state index is 12.4. The summed E-state index contributed by atoms with van der Waals surface area (Å²) < 4.78 is 11.4. The zero-order valence-corrected chi connectivity index (χ0v) is 16.0. The number of carbonyl (C=O) groups is 1. The third-order valence-electron chi connectivity index (χ3n) is 5.91. The van der Waals surface area contributed by atoms with Crippen LogP contribution in [0.25, 0.3) is 11.1 Å².